The van der Waals surface area contributed by atoms with Crippen LogP contribution in [0, 0.1) is 23.6 Å². The molecule has 4 atom stereocenters. The summed E-state index contributed by atoms with van der Waals surface area (Å²) < 4.78 is 12.9. The molecule has 2 heteroatoms. The fourth-order valence-electron chi connectivity index (χ4n) is 4.29. The molecule has 1 N–H and O–H groups in total. The second-order valence-electron chi connectivity index (χ2n) is 6.78. The van der Waals surface area contributed by atoms with E-state index >= 15 is 0 Å². The van der Waals surface area contributed by atoms with Crippen LogP contribution in [0.1, 0.15) is 50.5 Å². The Hall–Kier alpha value is -0.890. The molecule has 4 unspecified atom stereocenters. The van der Waals surface area contributed by atoms with Crippen LogP contribution in [0.4, 0.5) is 4.39 Å². The van der Waals surface area contributed by atoms with E-state index in [1.54, 1.807) is 12.1 Å². The summed E-state index contributed by atoms with van der Waals surface area (Å²) in [6.45, 7) is 0. The van der Waals surface area contributed by atoms with Gasteiger partial charge in [0.2, 0.25) is 0 Å². The Morgan fingerprint density at radius 1 is 1.00 bits per heavy atom. The normalized spacial score (nSPS) is 31.6. The first-order valence-corrected chi connectivity index (χ1v) is 8.15. The lowest BCUT2D eigenvalue weighted by molar-refractivity contribution is 0.0361. The molecule has 20 heavy (non-hydrogen) atoms. The third-order valence-electron chi connectivity index (χ3n) is 5.48. The molecule has 0 amide bonds. The molecule has 0 saturated heterocycles. The predicted octanol–water partition coefficient (Wildman–Crippen LogP) is 4.34. The van der Waals surface area contributed by atoms with Gasteiger partial charge in [-0.15, -0.1) is 0 Å². The van der Waals surface area contributed by atoms with Crippen LogP contribution in [0.3, 0.4) is 0 Å². The summed E-state index contributed by atoms with van der Waals surface area (Å²) >= 11 is 0. The highest BCUT2D eigenvalue weighted by Gasteiger charge is 2.34. The van der Waals surface area contributed by atoms with Gasteiger partial charge in [0.05, 0.1) is 6.10 Å². The van der Waals surface area contributed by atoms with Gasteiger partial charge in [-0.25, -0.2) is 4.39 Å². The molecule has 2 saturated carbocycles. The fourth-order valence-corrected chi connectivity index (χ4v) is 4.29. The first-order chi connectivity index (χ1) is 9.72. The highest BCUT2D eigenvalue weighted by Crippen LogP contribution is 2.43. The molecule has 0 bridgehead atoms. The van der Waals surface area contributed by atoms with E-state index in [4.69, 9.17) is 0 Å². The van der Waals surface area contributed by atoms with Crippen molar-refractivity contribution in [3.8, 4) is 0 Å². The van der Waals surface area contributed by atoms with Crippen LogP contribution in [0.2, 0.25) is 0 Å². The third-order valence-corrected chi connectivity index (χ3v) is 5.48. The number of aliphatic hydroxyl groups is 1. The Balaban J connectivity index is 1.57. The molecule has 0 radical (unpaired) electrons. The lowest BCUT2D eigenvalue weighted by atomic mass is 9.66. The van der Waals surface area contributed by atoms with Gasteiger partial charge in [0.25, 0.3) is 0 Å². The van der Waals surface area contributed by atoms with Crippen molar-refractivity contribution in [3.05, 3.63) is 35.6 Å². The Morgan fingerprint density at radius 2 is 1.70 bits per heavy atom. The van der Waals surface area contributed by atoms with Crippen LogP contribution in [0.5, 0.6) is 0 Å². The van der Waals surface area contributed by atoms with Crippen molar-refractivity contribution in [2.75, 3.05) is 0 Å². The molecule has 0 aliphatic heterocycles. The summed E-state index contributed by atoms with van der Waals surface area (Å²) in [5.41, 5.74) is 1.05. The Bertz CT molecular complexity index is 428. The van der Waals surface area contributed by atoms with Gasteiger partial charge in [0, 0.05) is 0 Å². The Morgan fingerprint density at radius 3 is 2.45 bits per heavy atom. The van der Waals surface area contributed by atoms with Gasteiger partial charge in [-0.2, -0.15) is 0 Å². The van der Waals surface area contributed by atoms with E-state index in [1.165, 1.54) is 57.1 Å². The Kier molecular flexibility index (Phi) is 4.40. The molecule has 3 rings (SSSR count). The van der Waals surface area contributed by atoms with Gasteiger partial charge in [0.15, 0.2) is 0 Å². The summed E-state index contributed by atoms with van der Waals surface area (Å²) in [5.74, 6) is 2.02. The molecular weight excluding hydrogens is 251 g/mol. The van der Waals surface area contributed by atoms with Gasteiger partial charge in [-0.05, 0) is 61.1 Å². The maximum absolute atomic E-state index is 12.9. The van der Waals surface area contributed by atoms with E-state index in [1.807, 2.05) is 0 Å². The van der Waals surface area contributed by atoms with Crippen LogP contribution in [-0.2, 0) is 6.42 Å². The van der Waals surface area contributed by atoms with Crippen molar-refractivity contribution in [2.24, 2.45) is 17.8 Å². The predicted molar refractivity (Wildman–Crippen MR) is 78.9 cm³/mol. The quantitative estimate of drug-likeness (QED) is 0.871. The molecule has 2 aliphatic rings. The fraction of sp³-hybridized carbons (Fsp3) is 0.667. The van der Waals surface area contributed by atoms with Crippen molar-refractivity contribution in [2.45, 2.75) is 57.5 Å². The first-order valence-electron chi connectivity index (χ1n) is 8.15. The standard InChI is InChI=1S/C18H25FO/c19-17-9-5-13(6-10-17)11-18(20)16-8-7-14-3-1-2-4-15(14)12-16/h5-6,9-10,14-16,18,20H,1-4,7-8,11-12H2. The molecule has 1 aromatic carbocycles. The SMILES string of the molecule is OC(Cc1ccc(F)cc1)C1CCC2CCCCC2C1. The third kappa shape index (κ3) is 3.22. The molecule has 2 aliphatic carbocycles. The van der Waals surface area contributed by atoms with Crippen molar-refractivity contribution >= 4 is 0 Å². The van der Waals surface area contributed by atoms with Gasteiger partial charge in [-0.3, -0.25) is 0 Å². The molecule has 110 valence electrons. The molecular formula is C18H25FO. The zero-order valence-electron chi connectivity index (χ0n) is 12.1. The summed E-state index contributed by atoms with van der Waals surface area (Å²) in [4.78, 5) is 0. The first kappa shape index (κ1) is 14.1. The zero-order chi connectivity index (χ0) is 13.9. The molecule has 0 spiro atoms. The number of rotatable bonds is 3. The highest BCUT2D eigenvalue weighted by atomic mass is 19.1. The van der Waals surface area contributed by atoms with Crippen LogP contribution >= 0.6 is 0 Å². The number of hydrogen-bond acceptors (Lipinski definition) is 1. The maximum Gasteiger partial charge on any atom is 0.123 e. The molecule has 0 heterocycles. The van der Waals surface area contributed by atoms with Crippen LogP contribution in [0.25, 0.3) is 0 Å². The Labute approximate surface area is 121 Å². The van der Waals surface area contributed by atoms with Crippen LogP contribution < -0.4 is 0 Å². The van der Waals surface area contributed by atoms with Crippen molar-refractivity contribution < 1.29 is 9.50 Å². The molecule has 1 nitrogen and oxygen atoms in total. The number of hydrogen-bond donors (Lipinski definition) is 1. The van der Waals surface area contributed by atoms with E-state index in [2.05, 4.69) is 0 Å². The van der Waals surface area contributed by atoms with E-state index < -0.39 is 0 Å². The highest BCUT2D eigenvalue weighted by molar-refractivity contribution is 5.17. The van der Waals surface area contributed by atoms with E-state index in [-0.39, 0.29) is 11.9 Å². The van der Waals surface area contributed by atoms with E-state index in [9.17, 15) is 9.50 Å². The molecule has 1 aromatic rings. The van der Waals surface area contributed by atoms with Gasteiger partial charge in [0.1, 0.15) is 5.82 Å². The topological polar surface area (TPSA) is 20.2 Å². The van der Waals surface area contributed by atoms with E-state index in [0.717, 1.165) is 17.4 Å². The monoisotopic (exact) mass is 276 g/mol. The lowest BCUT2D eigenvalue weighted by Gasteiger charge is -2.40. The second kappa shape index (κ2) is 6.26. The average molecular weight is 276 g/mol. The maximum atomic E-state index is 12.9. The minimum absolute atomic E-state index is 0.203. The minimum atomic E-state index is -0.261. The summed E-state index contributed by atoms with van der Waals surface area (Å²) in [6.07, 6.45) is 9.64. The lowest BCUT2D eigenvalue weighted by Crippen LogP contribution is -2.34. The minimum Gasteiger partial charge on any atom is -0.392 e. The number of benzene rings is 1. The van der Waals surface area contributed by atoms with Crippen molar-refractivity contribution in [3.63, 3.8) is 0 Å². The summed E-state index contributed by atoms with van der Waals surface area (Å²) in [7, 11) is 0. The smallest absolute Gasteiger partial charge is 0.123 e. The van der Waals surface area contributed by atoms with Crippen LogP contribution in [-0.4, -0.2) is 11.2 Å². The number of halogens is 1. The van der Waals surface area contributed by atoms with Crippen molar-refractivity contribution in [1.82, 2.24) is 0 Å². The number of fused-ring (bicyclic) bond motifs is 1. The summed E-state index contributed by atoms with van der Waals surface area (Å²) in [5, 5.41) is 10.5. The summed E-state index contributed by atoms with van der Waals surface area (Å²) in [6, 6.07) is 6.57. The molecule has 0 aromatic heterocycles. The molecule has 2 fully saturated rings. The van der Waals surface area contributed by atoms with Crippen molar-refractivity contribution in [1.29, 1.82) is 0 Å². The second-order valence-corrected chi connectivity index (χ2v) is 6.78. The average Bonchev–Trinajstić information content (AvgIpc) is 2.49. The van der Waals surface area contributed by atoms with Crippen LogP contribution in [0.15, 0.2) is 24.3 Å². The van der Waals surface area contributed by atoms with Gasteiger partial charge in [-0.1, -0.05) is 37.8 Å². The van der Waals surface area contributed by atoms with E-state index in [0.29, 0.717) is 12.3 Å². The largest absolute Gasteiger partial charge is 0.392 e. The van der Waals surface area contributed by atoms with Gasteiger partial charge >= 0.3 is 0 Å². The van der Waals surface area contributed by atoms with Gasteiger partial charge < -0.3 is 5.11 Å². The number of aliphatic hydroxyl groups excluding tert-OH is 1. The zero-order valence-corrected chi connectivity index (χ0v) is 12.1.